The summed E-state index contributed by atoms with van der Waals surface area (Å²) in [4.78, 5) is 50.3. The van der Waals surface area contributed by atoms with Gasteiger partial charge in [0.2, 0.25) is 5.91 Å². The maximum absolute atomic E-state index is 12.9. The van der Waals surface area contributed by atoms with Crippen LogP contribution in [0, 0.1) is 22.0 Å². The van der Waals surface area contributed by atoms with Gasteiger partial charge in [0.25, 0.3) is 5.91 Å². The Morgan fingerprint density at radius 1 is 1.31 bits per heavy atom. The van der Waals surface area contributed by atoms with Crippen LogP contribution in [0.4, 0.5) is 5.00 Å². The van der Waals surface area contributed by atoms with Crippen molar-refractivity contribution in [3.8, 4) is 0 Å². The number of hydrogen-bond donors (Lipinski definition) is 1. The van der Waals surface area contributed by atoms with Crippen molar-refractivity contribution in [2.45, 2.75) is 25.8 Å². The fraction of sp³-hybridized carbons (Fsp3) is 0.562. The van der Waals surface area contributed by atoms with Gasteiger partial charge in [-0.15, -0.1) is 0 Å². The molecule has 0 aliphatic carbocycles. The number of carbonyl (C=O) groups excluding carboxylic acids is 2. The second-order valence-electron chi connectivity index (χ2n) is 6.72. The van der Waals surface area contributed by atoms with Crippen molar-refractivity contribution in [3.63, 3.8) is 0 Å². The van der Waals surface area contributed by atoms with E-state index in [0.29, 0.717) is 25.9 Å². The largest absolute Gasteiger partial charge is 0.481 e. The van der Waals surface area contributed by atoms with Crippen molar-refractivity contribution in [1.82, 2.24) is 9.80 Å². The van der Waals surface area contributed by atoms with Crippen molar-refractivity contribution >= 4 is 34.1 Å². The van der Waals surface area contributed by atoms with E-state index in [4.69, 9.17) is 0 Å². The summed E-state index contributed by atoms with van der Waals surface area (Å²) in [6, 6.07) is 2.05. The molecule has 10 heteroatoms. The van der Waals surface area contributed by atoms with E-state index >= 15 is 0 Å². The van der Waals surface area contributed by atoms with E-state index in [0.717, 1.165) is 11.3 Å². The van der Waals surface area contributed by atoms with Crippen molar-refractivity contribution in [3.05, 3.63) is 27.1 Å². The Labute approximate surface area is 153 Å². The number of rotatable bonds is 4. The van der Waals surface area contributed by atoms with Crippen molar-refractivity contribution < 1.29 is 24.4 Å². The Hall–Kier alpha value is -2.49. The quantitative estimate of drug-likeness (QED) is 0.622. The van der Waals surface area contributed by atoms with Crippen molar-refractivity contribution in [1.29, 1.82) is 0 Å². The topological polar surface area (TPSA) is 121 Å². The van der Waals surface area contributed by atoms with Gasteiger partial charge >= 0.3 is 11.0 Å². The molecule has 3 rings (SSSR count). The monoisotopic (exact) mass is 381 g/mol. The summed E-state index contributed by atoms with van der Waals surface area (Å²) < 4.78 is 0. The van der Waals surface area contributed by atoms with Crippen LogP contribution in [-0.2, 0) is 9.59 Å². The lowest BCUT2D eigenvalue weighted by Gasteiger charge is -2.27. The molecule has 2 amide bonds. The van der Waals surface area contributed by atoms with Crippen LogP contribution in [0.15, 0.2) is 12.1 Å². The molecule has 2 aliphatic rings. The molecule has 0 spiro atoms. The van der Waals surface area contributed by atoms with Gasteiger partial charge in [0.15, 0.2) is 0 Å². The van der Waals surface area contributed by atoms with E-state index in [9.17, 15) is 29.6 Å². The highest BCUT2D eigenvalue weighted by Crippen LogP contribution is 2.30. The number of aliphatic carboxylic acids is 1. The maximum atomic E-state index is 12.9. The van der Waals surface area contributed by atoms with Gasteiger partial charge in [-0.25, -0.2) is 0 Å². The molecule has 3 heterocycles. The highest BCUT2D eigenvalue weighted by molar-refractivity contribution is 7.17. The minimum atomic E-state index is -0.918. The molecule has 2 fully saturated rings. The van der Waals surface area contributed by atoms with Gasteiger partial charge in [0, 0.05) is 25.7 Å². The van der Waals surface area contributed by atoms with E-state index in [1.807, 2.05) is 0 Å². The Balaban J connectivity index is 1.73. The number of hydrogen-bond acceptors (Lipinski definition) is 6. The molecule has 9 nitrogen and oxygen atoms in total. The molecule has 140 valence electrons. The summed E-state index contributed by atoms with van der Waals surface area (Å²) in [5.74, 6) is -2.28. The third-order valence-corrected chi connectivity index (χ3v) is 6.05. The van der Waals surface area contributed by atoms with Gasteiger partial charge in [-0.2, -0.15) is 0 Å². The Morgan fingerprint density at radius 2 is 2.04 bits per heavy atom. The van der Waals surface area contributed by atoms with E-state index < -0.39 is 22.9 Å². The van der Waals surface area contributed by atoms with Gasteiger partial charge in [-0.3, -0.25) is 24.5 Å². The number of likely N-dealkylation sites (tertiary alicyclic amines) is 2. The molecule has 0 bridgehead atoms. The summed E-state index contributed by atoms with van der Waals surface area (Å²) in [6.07, 6.45) is 1.18. The number of thiophene rings is 1. The summed E-state index contributed by atoms with van der Waals surface area (Å²) in [6.45, 7) is 2.72. The molecular formula is C16H19N3O6S. The molecule has 3 atom stereocenters. The van der Waals surface area contributed by atoms with Gasteiger partial charge in [0.05, 0.1) is 15.7 Å². The van der Waals surface area contributed by atoms with Gasteiger partial charge in [0.1, 0.15) is 6.04 Å². The minimum Gasteiger partial charge on any atom is -0.481 e. The van der Waals surface area contributed by atoms with Crippen LogP contribution in [0.3, 0.4) is 0 Å². The van der Waals surface area contributed by atoms with E-state index in [-0.39, 0.29) is 34.2 Å². The Morgan fingerprint density at radius 3 is 2.62 bits per heavy atom. The Bertz CT molecular complexity index is 763. The second kappa shape index (κ2) is 7.02. The first kappa shape index (κ1) is 18.3. The first-order chi connectivity index (χ1) is 12.3. The number of carboxylic acids is 1. The van der Waals surface area contributed by atoms with Gasteiger partial charge in [-0.1, -0.05) is 18.3 Å². The van der Waals surface area contributed by atoms with Crippen LogP contribution in [0.25, 0.3) is 0 Å². The fourth-order valence-corrected chi connectivity index (χ4v) is 4.40. The van der Waals surface area contributed by atoms with E-state index in [1.54, 1.807) is 6.92 Å². The normalized spacial score (nSPS) is 25.5. The molecule has 1 N–H and O–H groups in total. The number of carboxylic acid groups (broad SMARTS) is 1. The standard InChI is InChI=1S/C16H19N3O6S/c1-9-7-17(8-10(9)16(22)23)14(20)11-3-2-6-18(11)15(21)12-4-5-13(26-12)19(24)25/h4-5,9-11H,2-3,6-8H2,1H3,(H,22,23)/t9-,10-,11?/m1/s1. The molecule has 0 aromatic carbocycles. The Kier molecular flexibility index (Phi) is 4.94. The summed E-state index contributed by atoms with van der Waals surface area (Å²) >= 11 is 0.794. The molecule has 0 radical (unpaired) electrons. The molecule has 1 aromatic rings. The highest BCUT2D eigenvalue weighted by Gasteiger charge is 2.43. The SMILES string of the molecule is C[C@@H]1CN(C(=O)C2CCCN2C(=O)c2ccc([N+](=O)[O-])s2)C[C@H]1C(=O)O. The zero-order valence-corrected chi connectivity index (χ0v) is 15.0. The lowest BCUT2D eigenvalue weighted by Crippen LogP contribution is -2.47. The third-order valence-electron chi connectivity index (χ3n) is 5.02. The summed E-state index contributed by atoms with van der Waals surface area (Å²) in [7, 11) is 0. The number of nitro groups is 1. The predicted molar refractivity (Wildman–Crippen MR) is 91.9 cm³/mol. The summed E-state index contributed by atoms with van der Waals surface area (Å²) in [5, 5.41) is 19.9. The van der Waals surface area contributed by atoms with Gasteiger partial charge < -0.3 is 14.9 Å². The van der Waals surface area contributed by atoms with Crippen LogP contribution in [0.1, 0.15) is 29.4 Å². The van der Waals surface area contributed by atoms with Crippen molar-refractivity contribution in [2.75, 3.05) is 19.6 Å². The minimum absolute atomic E-state index is 0.118. The first-order valence-corrected chi connectivity index (χ1v) is 9.18. The smallest absolute Gasteiger partial charge is 0.324 e. The molecule has 1 unspecified atom stereocenters. The van der Waals surface area contributed by atoms with E-state index in [2.05, 4.69) is 0 Å². The van der Waals surface area contributed by atoms with Crippen molar-refractivity contribution in [2.24, 2.45) is 11.8 Å². The molecular weight excluding hydrogens is 362 g/mol. The molecule has 0 saturated carbocycles. The molecule has 2 saturated heterocycles. The average Bonchev–Trinajstić information content (AvgIpc) is 3.32. The van der Waals surface area contributed by atoms with Crippen LogP contribution in [0.2, 0.25) is 0 Å². The number of amides is 2. The maximum Gasteiger partial charge on any atom is 0.324 e. The molecule has 1 aromatic heterocycles. The van der Waals surface area contributed by atoms with Crippen LogP contribution in [0.5, 0.6) is 0 Å². The average molecular weight is 381 g/mol. The molecule has 2 aliphatic heterocycles. The number of nitrogens with zero attached hydrogens (tertiary/aromatic N) is 3. The fourth-order valence-electron chi connectivity index (χ4n) is 3.63. The van der Waals surface area contributed by atoms with Crippen LogP contribution >= 0.6 is 11.3 Å². The predicted octanol–water partition coefficient (Wildman–Crippen LogP) is 1.44. The second-order valence-corrected chi connectivity index (χ2v) is 7.78. The van der Waals surface area contributed by atoms with Crippen LogP contribution < -0.4 is 0 Å². The van der Waals surface area contributed by atoms with Crippen LogP contribution in [-0.4, -0.2) is 63.3 Å². The van der Waals surface area contributed by atoms with Gasteiger partial charge in [-0.05, 0) is 24.8 Å². The molecule has 26 heavy (non-hydrogen) atoms. The lowest BCUT2D eigenvalue weighted by atomic mass is 9.99. The zero-order valence-electron chi connectivity index (χ0n) is 14.2. The first-order valence-electron chi connectivity index (χ1n) is 8.36. The summed E-state index contributed by atoms with van der Waals surface area (Å²) in [5.41, 5.74) is 0. The number of carbonyl (C=O) groups is 3. The van der Waals surface area contributed by atoms with E-state index in [1.165, 1.54) is 21.9 Å². The highest BCUT2D eigenvalue weighted by atomic mass is 32.1. The lowest BCUT2D eigenvalue weighted by molar-refractivity contribution is -0.380. The zero-order chi connectivity index (χ0) is 19.0. The third kappa shape index (κ3) is 3.28.